The Labute approximate surface area is 327 Å². The van der Waals surface area contributed by atoms with Crippen LogP contribution >= 0.6 is 11.3 Å². The van der Waals surface area contributed by atoms with Gasteiger partial charge < -0.3 is 4.42 Å². The Kier molecular flexibility index (Phi) is 6.83. The number of rotatable bonds is 3. The molecule has 3 aliphatic rings. The monoisotopic (exact) mass is 734 g/mol. The first-order valence-corrected chi connectivity index (χ1v) is 20.6. The highest BCUT2D eigenvalue weighted by Gasteiger charge is 2.76. The van der Waals surface area contributed by atoms with Gasteiger partial charge in [0.2, 0.25) is 11.4 Å². The van der Waals surface area contributed by atoms with Crippen molar-refractivity contribution in [3.05, 3.63) is 155 Å². The van der Waals surface area contributed by atoms with Crippen LogP contribution in [-0.2, 0) is 18.4 Å². The third kappa shape index (κ3) is 4.43. The van der Waals surface area contributed by atoms with Crippen LogP contribution in [-0.4, -0.2) is 0 Å². The highest BCUT2D eigenvalue weighted by Crippen LogP contribution is 2.65. The standard InChI is InChI=1S/C51H46N2OS/c1-8-40-47-46(35-17-10-9-16-34(35)41-18-11-12-23-52(41)47)51(40)27-32-19-20-37-36-21-22-43-39(24-31(4)55-43)48(36)54-49(37)45(32)42-25-38(44-29(2)14-13-15-30(44)3)33(28-53(42)51)26-50(5,6)7/h8-25,28,40,46-47H,1,26-27H2,2-7H3/q+2. The number of hydrogen-bond donors (Lipinski definition) is 0. The fourth-order valence-electron chi connectivity index (χ4n) is 11.2. The summed E-state index contributed by atoms with van der Waals surface area (Å²) in [5.41, 5.74) is 16.4. The molecule has 0 radical (unpaired) electrons. The molecule has 270 valence electrons. The quantitative estimate of drug-likeness (QED) is 0.131. The van der Waals surface area contributed by atoms with Gasteiger partial charge in [0.15, 0.2) is 24.0 Å². The summed E-state index contributed by atoms with van der Waals surface area (Å²) < 4.78 is 13.8. The molecule has 8 aromatic rings. The van der Waals surface area contributed by atoms with Crippen molar-refractivity contribution in [3.8, 4) is 33.6 Å². The number of hydrogen-bond acceptors (Lipinski definition) is 2. The zero-order valence-electron chi connectivity index (χ0n) is 32.5. The maximum atomic E-state index is 7.19. The highest BCUT2D eigenvalue weighted by molar-refractivity contribution is 7.19. The van der Waals surface area contributed by atoms with E-state index in [-0.39, 0.29) is 28.8 Å². The number of fused-ring (bicyclic) bond motifs is 17. The van der Waals surface area contributed by atoms with Crippen LogP contribution < -0.4 is 9.13 Å². The van der Waals surface area contributed by atoms with Crippen LogP contribution in [0.25, 0.3) is 65.7 Å². The maximum absolute atomic E-state index is 7.19. The number of thiophene rings is 1. The fraction of sp³-hybridized carbons (Fsp3) is 0.255. The molecule has 6 heterocycles. The third-order valence-corrected chi connectivity index (χ3v) is 14.2. The van der Waals surface area contributed by atoms with Crippen molar-refractivity contribution in [3.63, 3.8) is 0 Å². The Hall–Kier alpha value is -5.32. The van der Waals surface area contributed by atoms with Crippen molar-refractivity contribution in [2.24, 2.45) is 11.3 Å². The van der Waals surface area contributed by atoms with Gasteiger partial charge in [0.05, 0.1) is 11.1 Å². The lowest BCUT2D eigenvalue weighted by Crippen LogP contribution is -2.80. The first-order chi connectivity index (χ1) is 26.6. The number of allylic oxidation sites excluding steroid dienone is 1. The molecule has 2 aliphatic heterocycles. The van der Waals surface area contributed by atoms with Crippen LogP contribution in [0, 0.1) is 32.1 Å². The predicted molar refractivity (Wildman–Crippen MR) is 227 cm³/mol. The average molecular weight is 735 g/mol. The van der Waals surface area contributed by atoms with E-state index in [0.29, 0.717) is 0 Å². The molecule has 0 saturated heterocycles. The number of furan rings is 1. The van der Waals surface area contributed by atoms with Crippen molar-refractivity contribution in [1.82, 2.24) is 0 Å². The van der Waals surface area contributed by atoms with E-state index in [1.807, 2.05) is 11.3 Å². The van der Waals surface area contributed by atoms with E-state index in [2.05, 4.69) is 173 Å². The Morgan fingerprint density at radius 2 is 1.56 bits per heavy atom. The van der Waals surface area contributed by atoms with E-state index in [1.54, 1.807) is 0 Å². The minimum atomic E-state index is -0.269. The summed E-state index contributed by atoms with van der Waals surface area (Å²) >= 11 is 1.84. The van der Waals surface area contributed by atoms with Crippen LogP contribution in [0.3, 0.4) is 0 Å². The largest absolute Gasteiger partial charge is 0.454 e. The molecule has 4 unspecified atom stereocenters. The summed E-state index contributed by atoms with van der Waals surface area (Å²) in [5, 5.41) is 3.59. The van der Waals surface area contributed by atoms with Crippen LogP contribution in [0.15, 0.2) is 127 Å². The molecular formula is C51H46N2OS+2. The molecule has 0 bridgehead atoms. The normalized spacial score (nSPS) is 20.9. The minimum absolute atomic E-state index is 0.0854. The molecule has 11 rings (SSSR count). The van der Waals surface area contributed by atoms with Crippen molar-refractivity contribution >= 4 is 43.4 Å². The van der Waals surface area contributed by atoms with E-state index < -0.39 is 0 Å². The molecule has 1 aliphatic carbocycles. The van der Waals surface area contributed by atoms with Crippen LogP contribution in [0.4, 0.5) is 0 Å². The molecule has 4 aromatic heterocycles. The Morgan fingerprint density at radius 3 is 2.36 bits per heavy atom. The molecule has 3 nitrogen and oxygen atoms in total. The maximum Gasteiger partial charge on any atom is 0.217 e. The van der Waals surface area contributed by atoms with Crippen molar-refractivity contribution in [1.29, 1.82) is 0 Å². The summed E-state index contributed by atoms with van der Waals surface area (Å²) in [4.78, 5) is 1.31. The Morgan fingerprint density at radius 1 is 0.800 bits per heavy atom. The highest BCUT2D eigenvalue weighted by atomic mass is 32.1. The van der Waals surface area contributed by atoms with Gasteiger partial charge in [0.25, 0.3) is 0 Å². The topological polar surface area (TPSA) is 20.9 Å². The second kappa shape index (κ2) is 11.4. The van der Waals surface area contributed by atoms with Crippen molar-refractivity contribution in [2.75, 3.05) is 0 Å². The van der Waals surface area contributed by atoms with Gasteiger partial charge in [-0.25, -0.2) is 0 Å². The van der Waals surface area contributed by atoms with Gasteiger partial charge in [-0.2, -0.15) is 9.13 Å². The fourth-order valence-corrected chi connectivity index (χ4v) is 12.1. The van der Waals surface area contributed by atoms with E-state index in [4.69, 9.17) is 4.42 Å². The number of aryl methyl sites for hydroxylation is 3. The van der Waals surface area contributed by atoms with Gasteiger partial charge in [-0.3, -0.25) is 0 Å². The molecule has 1 spiro atoms. The molecule has 4 atom stereocenters. The van der Waals surface area contributed by atoms with Crippen molar-refractivity contribution in [2.45, 2.75) is 71.9 Å². The van der Waals surface area contributed by atoms with Gasteiger partial charge >= 0.3 is 0 Å². The molecule has 4 aromatic carbocycles. The third-order valence-electron chi connectivity index (χ3n) is 13.2. The number of pyridine rings is 2. The van der Waals surface area contributed by atoms with Crippen LogP contribution in [0.1, 0.15) is 65.4 Å². The number of nitrogens with zero attached hydrogens (tertiary/aromatic N) is 2. The zero-order valence-corrected chi connectivity index (χ0v) is 33.4. The molecule has 0 N–H and O–H groups in total. The van der Waals surface area contributed by atoms with Crippen molar-refractivity contribution < 1.29 is 13.6 Å². The van der Waals surface area contributed by atoms with Gasteiger partial charge in [-0.05, 0) is 96.3 Å². The first kappa shape index (κ1) is 33.1. The zero-order chi connectivity index (χ0) is 37.5. The second-order valence-electron chi connectivity index (χ2n) is 17.7. The van der Waals surface area contributed by atoms with Gasteiger partial charge in [-0.1, -0.05) is 75.4 Å². The Bertz CT molecular complexity index is 2930. The smallest absolute Gasteiger partial charge is 0.217 e. The van der Waals surface area contributed by atoms with Crippen LogP contribution in [0.5, 0.6) is 0 Å². The minimum Gasteiger partial charge on any atom is -0.454 e. The predicted octanol–water partition coefficient (Wildman–Crippen LogP) is 12.3. The SMILES string of the molecule is C=CC1C2C(c3ccccc3-c3cccc[n+]32)C12Cc1ccc3c(oc4c5cc(C)sc5ccc34)c1-c1cc(-c3c(C)cccc3C)c(CC(C)(C)C)c[n+]12. The summed E-state index contributed by atoms with van der Waals surface area (Å²) in [6, 6.07) is 37.0. The van der Waals surface area contributed by atoms with E-state index in [1.165, 1.54) is 87.2 Å². The van der Waals surface area contributed by atoms with Gasteiger partial charge in [0.1, 0.15) is 23.0 Å². The van der Waals surface area contributed by atoms with Crippen LogP contribution in [0.2, 0.25) is 0 Å². The molecule has 0 amide bonds. The summed E-state index contributed by atoms with van der Waals surface area (Å²) in [5.74, 6) is 0.444. The summed E-state index contributed by atoms with van der Waals surface area (Å²) in [6.45, 7) is 18.5. The molecule has 4 heteroatoms. The van der Waals surface area contributed by atoms with Gasteiger partial charge in [0, 0.05) is 55.9 Å². The molecule has 1 fully saturated rings. The molecule has 1 saturated carbocycles. The average Bonchev–Trinajstić information content (AvgIpc) is 3.73. The second-order valence-corrected chi connectivity index (χ2v) is 19.0. The lowest BCUT2D eigenvalue weighted by molar-refractivity contribution is -0.837. The van der Waals surface area contributed by atoms with E-state index in [9.17, 15) is 0 Å². The Balaban J connectivity index is 1.27. The lowest BCUT2D eigenvalue weighted by Gasteiger charge is -2.56. The first-order valence-electron chi connectivity index (χ1n) is 19.8. The number of aromatic nitrogens is 2. The molecular weight excluding hydrogens is 689 g/mol. The van der Waals surface area contributed by atoms with E-state index in [0.717, 1.165) is 24.0 Å². The molecule has 55 heavy (non-hydrogen) atoms. The van der Waals surface area contributed by atoms with E-state index >= 15 is 0 Å². The summed E-state index contributed by atoms with van der Waals surface area (Å²) in [7, 11) is 0. The van der Waals surface area contributed by atoms with Gasteiger partial charge in [-0.15, -0.1) is 17.9 Å². The summed E-state index contributed by atoms with van der Waals surface area (Å²) in [6.07, 6.45) is 9.01. The lowest BCUT2D eigenvalue weighted by atomic mass is 9.48. The number of benzene rings is 4.